The van der Waals surface area contributed by atoms with E-state index in [-0.39, 0.29) is 5.91 Å². The molecule has 1 amide bonds. The van der Waals surface area contributed by atoms with Crippen molar-refractivity contribution in [2.75, 3.05) is 13.2 Å². The summed E-state index contributed by atoms with van der Waals surface area (Å²) in [6, 6.07) is 3.68. The van der Waals surface area contributed by atoms with Crippen molar-refractivity contribution in [3.05, 3.63) is 29.5 Å². The first-order valence-corrected chi connectivity index (χ1v) is 7.68. The first-order valence-electron chi connectivity index (χ1n) is 6.81. The van der Waals surface area contributed by atoms with Crippen molar-refractivity contribution in [2.45, 2.75) is 24.9 Å². The van der Waals surface area contributed by atoms with E-state index in [0.717, 1.165) is 16.5 Å². The molecule has 6 nitrogen and oxygen atoms in total. The Morgan fingerprint density at radius 1 is 1.48 bits per heavy atom. The van der Waals surface area contributed by atoms with Gasteiger partial charge in [0.15, 0.2) is 10.8 Å². The maximum absolute atomic E-state index is 12.2. The molecular formula is C14H17N3O3S. The summed E-state index contributed by atoms with van der Waals surface area (Å²) in [5.74, 6) is 0.593. The molecule has 1 aliphatic heterocycles. The number of amides is 1. The molecule has 0 unspecified atom stereocenters. The summed E-state index contributed by atoms with van der Waals surface area (Å²) < 4.78 is 10.5. The molecule has 1 saturated heterocycles. The molecular weight excluding hydrogens is 290 g/mol. The van der Waals surface area contributed by atoms with E-state index < -0.39 is 5.54 Å². The van der Waals surface area contributed by atoms with Gasteiger partial charge in [0.1, 0.15) is 0 Å². The zero-order valence-corrected chi connectivity index (χ0v) is 12.3. The molecule has 1 aliphatic rings. The molecule has 3 rings (SSSR count). The molecule has 3 heterocycles. The van der Waals surface area contributed by atoms with Crippen molar-refractivity contribution in [1.82, 2.24) is 10.3 Å². The molecule has 3 N–H and O–H groups in total. The summed E-state index contributed by atoms with van der Waals surface area (Å²) in [5, 5.41) is 5.57. The smallest absolute Gasteiger partial charge is 0.240 e. The van der Waals surface area contributed by atoms with E-state index in [2.05, 4.69) is 10.3 Å². The molecule has 0 atom stereocenters. The Morgan fingerprint density at radius 3 is 3.00 bits per heavy atom. The first-order chi connectivity index (χ1) is 10.2. The van der Waals surface area contributed by atoms with Crippen LogP contribution in [0.4, 0.5) is 0 Å². The van der Waals surface area contributed by atoms with Crippen molar-refractivity contribution in [1.29, 1.82) is 0 Å². The van der Waals surface area contributed by atoms with Crippen LogP contribution in [-0.2, 0) is 16.1 Å². The van der Waals surface area contributed by atoms with Gasteiger partial charge < -0.3 is 20.2 Å². The molecule has 2 aromatic heterocycles. The van der Waals surface area contributed by atoms with E-state index in [4.69, 9.17) is 14.9 Å². The third-order valence-electron chi connectivity index (χ3n) is 3.55. The lowest BCUT2D eigenvalue weighted by Gasteiger charge is -2.31. The lowest BCUT2D eigenvalue weighted by Crippen LogP contribution is -2.56. The average Bonchev–Trinajstić information content (AvgIpc) is 3.16. The fraction of sp³-hybridized carbons (Fsp3) is 0.429. The maximum atomic E-state index is 12.2. The molecule has 0 bridgehead atoms. The summed E-state index contributed by atoms with van der Waals surface area (Å²) in [6.07, 6.45) is 2.71. The van der Waals surface area contributed by atoms with E-state index in [1.165, 1.54) is 11.3 Å². The number of nitrogens with one attached hydrogen (secondary N) is 1. The molecule has 7 heteroatoms. The Balaban J connectivity index is 1.59. The predicted molar refractivity (Wildman–Crippen MR) is 78.6 cm³/mol. The fourth-order valence-corrected chi connectivity index (χ4v) is 3.00. The molecule has 112 valence electrons. The van der Waals surface area contributed by atoms with Gasteiger partial charge in [0.25, 0.3) is 0 Å². The minimum absolute atomic E-state index is 0.140. The van der Waals surface area contributed by atoms with Crippen molar-refractivity contribution >= 4 is 17.2 Å². The molecule has 21 heavy (non-hydrogen) atoms. The minimum atomic E-state index is -0.821. The number of hydrogen-bond acceptors (Lipinski definition) is 6. The summed E-state index contributed by atoms with van der Waals surface area (Å²) in [5.41, 5.74) is 6.10. The highest BCUT2D eigenvalue weighted by Crippen LogP contribution is 2.24. The van der Waals surface area contributed by atoms with E-state index in [1.54, 1.807) is 6.26 Å². The second kappa shape index (κ2) is 5.97. The lowest BCUT2D eigenvalue weighted by atomic mass is 9.90. The molecule has 2 aromatic rings. The number of thiazole rings is 1. The highest BCUT2D eigenvalue weighted by atomic mass is 32.1. The van der Waals surface area contributed by atoms with Crippen LogP contribution in [0.2, 0.25) is 0 Å². The highest BCUT2D eigenvalue weighted by Gasteiger charge is 2.35. The van der Waals surface area contributed by atoms with Crippen LogP contribution in [0.15, 0.2) is 28.2 Å². The van der Waals surface area contributed by atoms with Crippen molar-refractivity contribution in [3.63, 3.8) is 0 Å². The quantitative estimate of drug-likeness (QED) is 0.894. The normalized spacial score (nSPS) is 17.6. The molecule has 1 fully saturated rings. The van der Waals surface area contributed by atoms with Crippen LogP contribution in [0.1, 0.15) is 18.5 Å². The SMILES string of the molecule is NC1(C(=O)NCc2csc(-c3ccco3)n2)CCOCC1. The summed E-state index contributed by atoms with van der Waals surface area (Å²) >= 11 is 1.49. The van der Waals surface area contributed by atoms with Crippen LogP contribution in [-0.4, -0.2) is 29.6 Å². The summed E-state index contributed by atoms with van der Waals surface area (Å²) in [6.45, 7) is 1.43. The molecule has 0 spiro atoms. The van der Waals surface area contributed by atoms with Gasteiger partial charge in [0.2, 0.25) is 5.91 Å². The van der Waals surface area contributed by atoms with Gasteiger partial charge in [-0.2, -0.15) is 0 Å². The highest BCUT2D eigenvalue weighted by molar-refractivity contribution is 7.13. The Kier molecular flexibility index (Phi) is 4.05. The van der Waals surface area contributed by atoms with Crippen LogP contribution < -0.4 is 11.1 Å². The minimum Gasteiger partial charge on any atom is -0.462 e. The average molecular weight is 307 g/mol. The summed E-state index contributed by atoms with van der Waals surface area (Å²) in [4.78, 5) is 16.6. The topological polar surface area (TPSA) is 90.4 Å². The molecule has 0 aromatic carbocycles. The van der Waals surface area contributed by atoms with Gasteiger partial charge in [0.05, 0.1) is 24.0 Å². The van der Waals surface area contributed by atoms with Gasteiger partial charge >= 0.3 is 0 Å². The number of furan rings is 1. The number of rotatable bonds is 4. The van der Waals surface area contributed by atoms with Gasteiger partial charge in [-0.15, -0.1) is 11.3 Å². The van der Waals surface area contributed by atoms with Crippen LogP contribution in [0.25, 0.3) is 10.8 Å². The Hall–Kier alpha value is -1.70. The second-order valence-corrected chi connectivity index (χ2v) is 5.93. The van der Waals surface area contributed by atoms with Crippen LogP contribution in [0.3, 0.4) is 0 Å². The number of carbonyl (C=O) groups excluding carboxylic acids is 1. The number of aromatic nitrogens is 1. The monoisotopic (exact) mass is 307 g/mol. The molecule has 0 radical (unpaired) electrons. The molecule has 0 saturated carbocycles. The van der Waals surface area contributed by atoms with Gasteiger partial charge in [-0.3, -0.25) is 4.79 Å². The number of nitrogens with zero attached hydrogens (tertiary/aromatic N) is 1. The van der Waals surface area contributed by atoms with Crippen molar-refractivity contribution < 1.29 is 13.9 Å². The zero-order chi connectivity index (χ0) is 14.7. The van der Waals surface area contributed by atoms with Crippen LogP contribution in [0.5, 0.6) is 0 Å². The Bertz CT molecular complexity index is 603. The number of nitrogens with two attached hydrogens (primary N) is 1. The van der Waals surface area contributed by atoms with E-state index in [9.17, 15) is 4.79 Å². The van der Waals surface area contributed by atoms with Crippen LogP contribution >= 0.6 is 11.3 Å². The maximum Gasteiger partial charge on any atom is 0.240 e. The third-order valence-corrected chi connectivity index (χ3v) is 4.46. The second-order valence-electron chi connectivity index (χ2n) is 5.07. The van der Waals surface area contributed by atoms with Crippen molar-refractivity contribution in [2.24, 2.45) is 5.73 Å². The fourth-order valence-electron chi connectivity index (χ4n) is 2.21. The Morgan fingerprint density at radius 2 is 2.29 bits per heavy atom. The van der Waals surface area contributed by atoms with Gasteiger partial charge in [-0.1, -0.05) is 0 Å². The van der Waals surface area contributed by atoms with Crippen LogP contribution in [0, 0.1) is 0 Å². The number of hydrogen-bond donors (Lipinski definition) is 2. The number of carbonyl (C=O) groups is 1. The van der Waals surface area contributed by atoms with Crippen molar-refractivity contribution in [3.8, 4) is 10.8 Å². The largest absolute Gasteiger partial charge is 0.462 e. The Labute approximate surface area is 126 Å². The van der Waals surface area contributed by atoms with E-state index in [1.807, 2.05) is 17.5 Å². The first kappa shape index (κ1) is 14.2. The van der Waals surface area contributed by atoms with Gasteiger partial charge in [-0.25, -0.2) is 4.98 Å². The predicted octanol–water partition coefficient (Wildman–Crippen LogP) is 1.53. The van der Waals surface area contributed by atoms with E-state index in [0.29, 0.717) is 32.6 Å². The number of ether oxygens (including phenoxy) is 1. The zero-order valence-electron chi connectivity index (χ0n) is 11.5. The summed E-state index contributed by atoms with van der Waals surface area (Å²) in [7, 11) is 0. The van der Waals surface area contributed by atoms with Gasteiger partial charge in [-0.05, 0) is 25.0 Å². The lowest BCUT2D eigenvalue weighted by molar-refractivity contribution is -0.129. The third kappa shape index (κ3) is 3.15. The van der Waals surface area contributed by atoms with E-state index >= 15 is 0 Å². The standard InChI is InChI=1S/C14H17N3O3S/c15-14(3-6-19-7-4-14)13(18)16-8-10-9-21-12(17-10)11-2-1-5-20-11/h1-2,5,9H,3-4,6-8,15H2,(H,16,18). The molecule has 0 aliphatic carbocycles. The van der Waals surface area contributed by atoms with Gasteiger partial charge in [0, 0.05) is 18.6 Å².